The predicted molar refractivity (Wildman–Crippen MR) is 99.5 cm³/mol. The summed E-state index contributed by atoms with van der Waals surface area (Å²) in [5.41, 5.74) is 1.48. The van der Waals surface area contributed by atoms with Gasteiger partial charge >= 0.3 is 11.9 Å². The standard InChI is InChI=1S/C20H21FN2O5/c1-27-19(25)14-5-8-16(20(26)28-2)17(11-14)23-18(24)12-22-10-9-13-3-6-15(21)7-4-13/h3-8,11,22H,9-10,12H2,1-2H3,(H,23,24)/p+1. The summed E-state index contributed by atoms with van der Waals surface area (Å²) in [5.74, 6) is -1.85. The molecular formula is C20H22FN2O5+. The number of nitrogens with one attached hydrogen (secondary N) is 1. The van der Waals surface area contributed by atoms with Gasteiger partial charge in [0.25, 0.3) is 5.91 Å². The Morgan fingerprint density at radius 1 is 1.00 bits per heavy atom. The molecule has 0 aliphatic heterocycles. The summed E-state index contributed by atoms with van der Waals surface area (Å²) in [6, 6.07) is 10.4. The van der Waals surface area contributed by atoms with Gasteiger partial charge in [-0.25, -0.2) is 14.0 Å². The highest BCUT2D eigenvalue weighted by Gasteiger charge is 2.17. The lowest BCUT2D eigenvalue weighted by atomic mass is 10.1. The number of hydrogen-bond acceptors (Lipinski definition) is 5. The van der Waals surface area contributed by atoms with Gasteiger partial charge in [0.2, 0.25) is 0 Å². The van der Waals surface area contributed by atoms with Crippen LogP contribution in [0.15, 0.2) is 42.5 Å². The third-order valence-electron chi connectivity index (χ3n) is 4.00. The highest BCUT2D eigenvalue weighted by Crippen LogP contribution is 2.19. The molecule has 28 heavy (non-hydrogen) atoms. The van der Waals surface area contributed by atoms with E-state index in [1.54, 1.807) is 17.4 Å². The lowest BCUT2D eigenvalue weighted by Crippen LogP contribution is -2.86. The van der Waals surface area contributed by atoms with Gasteiger partial charge in [-0.2, -0.15) is 0 Å². The quantitative estimate of drug-likeness (QED) is 0.521. The van der Waals surface area contributed by atoms with Crippen molar-refractivity contribution in [2.75, 3.05) is 32.6 Å². The van der Waals surface area contributed by atoms with E-state index >= 15 is 0 Å². The Hall–Kier alpha value is -3.26. The monoisotopic (exact) mass is 389 g/mol. The normalized spacial score (nSPS) is 10.2. The van der Waals surface area contributed by atoms with Crippen molar-refractivity contribution in [2.24, 2.45) is 0 Å². The molecule has 8 heteroatoms. The van der Waals surface area contributed by atoms with Crippen LogP contribution in [-0.4, -0.2) is 45.2 Å². The second kappa shape index (κ2) is 10.2. The zero-order valence-electron chi connectivity index (χ0n) is 15.7. The number of amides is 1. The molecule has 0 aromatic heterocycles. The Morgan fingerprint density at radius 3 is 2.32 bits per heavy atom. The number of hydrogen-bond donors (Lipinski definition) is 2. The summed E-state index contributed by atoms with van der Waals surface area (Å²) >= 11 is 0. The van der Waals surface area contributed by atoms with Crippen LogP contribution in [0.4, 0.5) is 10.1 Å². The molecule has 148 valence electrons. The van der Waals surface area contributed by atoms with Crippen LogP contribution in [0.2, 0.25) is 0 Å². The highest BCUT2D eigenvalue weighted by molar-refractivity contribution is 6.03. The number of ether oxygens (including phenoxy) is 2. The molecule has 0 aliphatic rings. The molecule has 0 bridgehead atoms. The number of benzene rings is 2. The van der Waals surface area contributed by atoms with Crippen LogP contribution in [-0.2, 0) is 20.7 Å². The van der Waals surface area contributed by atoms with Gasteiger partial charge in [0.15, 0.2) is 6.54 Å². The third kappa shape index (κ3) is 5.88. The minimum absolute atomic E-state index is 0.115. The van der Waals surface area contributed by atoms with E-state index in [4.69, 9.17) is 4.74 Å². The Labute approximate surface area is 161 Å². The average Bonchev–Trinajstić information content (AvgIpc) is 2.71. The van der Waals surface area contributed by atoms with Gasteiger partial charge in [0, 0.05) is 6.42 Å². The molecule has 0 atom stereocenters. The van der Waals surface area contributed by atoms with Crippen LogP contribution < -0.4 is 10.6 Å². The smallest absolute Gasteiger partial charge is 0.339 e. The minimum atomic E-state index is -0.632. The Morgan fingerprint density at radius 2 is 1.68 bits per heavy atom. The maximum Gasteiger partial charge on any atom is 0.339 e. The first kappa shape index (κ1) is 21.0. The lowest BCUT2D eigenvalue weighted by molar-refractivity contribution is -0.643. The van der Waals surface area contributed by atoms with E-state index in [2.05, 4.69) is 10.1 Å². The molecule has 2 aromatic carbocycles. The fourth-order valence-corrected chi connectivity index (χ4v) is 2.53. The van der Waals surface area contributed by atoms with Crippen LogP contribution >= 0.6 is 0 Å². The van der Waals surface area contributed by atoms with E-state index in [0.29, 0.717) is 13.0 Å². The van der Waals surface area contributed by atoms with Gasteiger partial charge in [-0.15, -0.1) is 0 Å². The van der Waals surface area contributed by atoms with E-state index in [-0.39, 0.29) is 35.1 Å². The molecule has 0 heterocycles. The molecular weight excluding hydrogens is 367 g/mol. The van der Waals surface area contributed by atoms with E-state index in [1.165, 1.54) is 44.6 Å². The summed E-state index contributed by atoms with van der Waals surface area (Å²) in [5, 5.41) is 4.42. The number of quaternary nitrogens is 1. The summed E-state index contributed by atoms with van der Waals surface area (Å²) in [6.45, 7) is 0.745. The second-order valence-corrected chi connectivity index (χ2v) is 5.95. The number of esters is 2. The molecule has 7 nitrogen and oxygen atoms in total. The fourth-order valence-electron chi connectivity index (χ4n) is 2.53. The van der Waals surface area contributed by atoms with E-state index in [0.717, 1.165) is 5.56 Å². The maximum absolute atomic E-state index is 12.9. The van der Waals surface area contributed by atoms with E-state index in [9.17, 15) is 18.8 Å². The molecule has 0 radical (unpaired) electrons. The minimum Gasteiger partial charge on any atom is -0.465 e. The zero-order valence-corrected chi connectivity index (χ0v) is 15.7. The van der Waals surface area contributed by atoms with Crippen LogP contribution in [0.3, 0.4) is 0 Å². The predicted octanol–water partition coefficient (Wildman–Crippen LogP) is 1.14. The third-order valence-corrected chi connectivity index (χ3v) is 4.00. The lowest BCUT2D eigenvalue weighted by Gasteiger charge is -2.11. The SMILES string of the molecule is COC(=O)c1ccc(C(=O)OC)c(NC(=O)C[NH2+]CCc2ccc(F)cc2)c1. The van der Waals surface area contributed by atoms with Crippen molar-refractivity contribution in [1.29, 1.82) is 0 Å². The molecule has 0 aliphatic carbocycles. The van der Waals surface area contributed by atoms with E-state index < -0.39 is 11.9 Å². The number of carbonyl (C=O) groups excluding carboxylic acids is 3. The van der Waals surface area contributed by atoms with Crippen LogP contribution in [0, 0.1) is 5.82 Å². The van der Waals surface area contributed by atoms with Gasteiger partial charge in [-0.3, -0.25) is 4.79 Å². The molecule has 1 amide bonds. The molecule has 0 unspecified atom stereocenters. The first-order valence-corrected chi connectivity index (χ1v) is 8.61. The number of methoxy groups -OCH3 is 2. The van der Waals surface area contributed by atoms with E-state index in [1.807, 2.05) is 0 Å². The number of halogens is 1. The van der Waals surface area contributed by atoms with Crippen LogP contribution in [0.25, 0.3) is 0 Å². The van der Waals surface area contributed by atoms with Crippen molar-refractivity contribution < 1.29 is 33.6 Å². The summed E-state index contributed by atoms with van der Waals surface area (Å²) in [7, 11) is 2.47. The largest absolute Gasteiger partial charge is 0.465 e. The molecule has 3 N–H and O–H groups in total. The van der Waals surface area contributed by atoms with Crippen molar-refractivity contribution in [3.05, 3.63) is 65.0 Å². The average molecular weight is 389 g/mol. The molecule has 0 fully saturated rings. The van der Waals surface area contributed by atoms with Gasteiger partial charge in [-0.05, 0) is 35.9 Å². The summed E-state index contributed by atoms with van der Waals surface area (Å²) in [6.07, 6.45) is 0.679. The van der Waals surface area contributed by atoms with Crippen molar-refractivity contribution in [1.82, 2.24) is 0 Å². The first-order chi connectivity index (χ1) is 13.4. The Bertz CT molecular complexity index is 852. The highest BCUT2D eigenvalue weighted by atomic mass is 19.1. The zero-order chi connectivity index (χ0) is 20.5. The number of carbonyl (C=O) groups is 3. The van der Waals surface area contributed by atoms with Gasteiger partial charge in [-0.1, -0.05) is 12.1 Å². The van der Waals surface area contributed by atoms with Crippen molar-refractivity contribution in [2.45, 2.75) is 6.42 Å². The molecule has 2 aromatic rings. The van der Waals surface area contributed by atoms with Crippen molar-refractivity contribution in [3.8, 4) is 0 Å². The molecule has 0 spiro atoms. The molecule has 0 saturated carbocycles. The van der Waals surface area contributed by atoms with Crippen LogP contribution in [0.1, 0.15) is 26.3 Å². The Balaban J connectivity index is 1.96. The first-order valence-electron chi connectivity index (χ1n) is 8.61. The topological polar surface area (TPSA) is 98.3 Å². The summed E-state index contributed by atoms with van der Waals surface area (Å²) < 4.78 is 22.2. The van der Waals surface area contributed by atoms with Crippen molar-refractivity contribution in [3.63, 3.8) is 0 Å². The maximum atomic E-state index is 12.9. The summed E-state index contributed by atoms with van der Waals surface area (Å²) in [4.78, 5) is 35.8. The fraction of sp³-hybridized carbons (Fsp3) is 0.250. The Kier molecular flexibility index (Phi) is 7.65. The second-order valence-electron chi connectivity index (χ2n) is 5.95. The van der Waals surface area contributed by atoms with Crippen LogP contribution in [0.5, 0.6) is 0 Å². The number of nitrogens with two attached hydrogens (primary N) is 1. The molecule has 0 saturated heterocycles. The van der Waals surface area contributed by atoms with Gasteiger partial charge in [0.05, 0.1) is 37.6 Å². The van der Waals surface area contributed by atoms with Gasteiger partial charge < -0.3 is 20.1 Å². The number of anilines is 1. The molecule has 2 rings (SSSR count). The van der Waals surface area contributed by atoms with Gasteiger partial charge in [0.1, 0.15) is 5.82 Å². The number of rotatable bonds is 8. The van der Waals surface area contributed by atoms with Crippen molar-refractivity contribution >= 4 is 23.5 Å².